The molecule has 0 aliphatic rings. The lowest BCUT2D eigenvalue weighted by Crippen LogP contribution is -2.17. The Morgan fingerprint density at radius 1 is 0.933 bits per heavy atom. The molecule has 6 heteroatoms. The highest BCUT2D eigenvalue weighted by molar-refractivity contribution is 6.30. The lowest BCUT2D eigenvalue weighted by Gasteiger charge is -2.07. The summed E-state index contributed by atoms with van der Waals surface area (Å²) in [5.41, 5.74) is 4.85. The van der Waals surface area contributed by atoms with Gasteiger partial charge < -0.3 is 9.47 Å². The predicted molar refractivity (Wildman–Crippen MR) is 119 cm³/mol. The highest BCUT2D eigenvalue weighted by atomic mass is 35.5. The second-order valence-corrected chi connectivity index (χ2v) is 6.74. The molecule has 0 heterocycles. The number of hydrogen-bond acceptors (Lipinski definition) is 4. The molecule has 3 aromatic rings. The molecule has 5 nitrogen and oxygen atoms in total. The fourth-order valence-corrected chi connectivity index (χ4v) is 2.61. The van der Waals surface area contributed by atoms with Gasteiger partial charge in [0.25, 0.3) is 5.91 Å². The van der Waals surface area contributed by atoms with Gasteiger partial charge in [-0.25, -0.2) is 5.43 Å². The lowest BCUT2D eigenvalue weighted by atomic mass is 10.2. The van der Waals surface area contributed by atoms with E-state index < -0.39 is 0 Å². The van der Waals surface area contributed by atoms with Crippen molar-refractivity contribution >= 4 is 23.7 Å². The maximum atomic E-state index is 12.2. The van der Waals surface area contributed by atoms with Crippen molar-refractivity contribution in [3.63, 3.8) is 0 Å². The number of halogens is 1. The lowest BCUT2D eigenvalue weighted by molar-refractivity contribution is 0.0955. The third-order valence-corrected chi connectivity index (χ3v) is 4.31. The van der Waals surface area contributed by atoms with Crippen LogP contribution in [0, 0.1) is 0 Å². The van der Waals surface area contributed by atoms with Crippen LogP contribution in [0.2, 0.25) is 5.02 Å². The molecule has 0 atom stereocenters. The molecule has 0 bridgehead atoms. The SMILES string of the molecule is C=CCOc1ccc(/C=N/NC(=O)c2ccc(OCc3ccc(Cl)cc3)cc2)cc1. The summed E-state index contributed by atoms with van der Waals surface area (Å²) >= 11 is 5.87. The zero-order chi connectivity index (χ0) is 21.2. The average molecular weight is 421 g/mol. The summed E-state index contributed by atoms with van der Waals surface area (Å²) in [6.07, 6.45) is 3.25. The average Bonchev–Trinajstić information content (AvgIpc) is 2.78. The molecule has 3 rings (SSSR count). The first-order valence-electron chi connectivity index (χ1n) is 9.28. The van der Waals surface area contributed by atoms with Gasteiger partial charge in [0, 0.05) is 10.6 Å². The molecule has 3 aromatic carbocycles. The summed E-state index contributed by atoms with van der Waals surface area (Å²) in [5.74, 6) is 1.11. The third-order valence-electron chi connectivity index (χ3n) is 4.06. The van der Waals surface area contributed by atoms with Crippen LogP contribution >= 0.6 is 11.6 Å². The molecule has 0 spiro atoms. The fraction of sp³-hybridized carbons (Fsp3) is 0.0833. The number of carbonyl (C=O) groups excluding carboxylic acids is 1. The number of nitrogens with zero attached hydrogens (tertiary/aromatic N) is 1. The minimum Gasteiger partial charge on any atom is -0.490 e. The van der Waals surface area contributed by atoms with Crippen molar-refractivity contribution in [2.24, 2.45) is 5.10 Å². The van der Waals surface area contributed by atoms with Crippen LogP contribution in [0.1, 0.15) is 21.5 Å². The van der Waals surface area contributed by atoms with Gasteiger partial charge in [0.2, 0.25) is 0 Å². The van der Waals surface area contributed by atoms with Gasteiger partial charge in [0.05, 0.1) is 6.21 Å². The molecule has 0 aliphatic heterocycles. The number of carbonyl (C=O) groups is 1. The molecular formula is C24H21ClN2O3. The zero-order valence-electron chi connectivity index (χ0n) is 16.3. The number of hydrogen-bond donors (Lipinski definition) is 1. The van der Waals surface area contributed by atoms with Crippen molar-refractivity contribution in [2.75, 3.05) is 6.61 Å². The summed E-state index contributed by atoms with van der Waals surface area (Å²) in [6, 6.07) is 21.7. The molecule has 0 radical (unpaired) electrons. The summed E-state index contributed by atoms with van der Waals surface area (Å²) < 4.78 is 11.1. The van der Waals surface area contributed by atoms with Crippen molar-refractivity contribution in [3.8, 4) is 11.5 Å². The molecular weight excluding hydrogens is 400 g/mol. The molecule has 0 aromatic heterocycles. The van der Waals surface area contributed by atoms with E-state index in [9.17, 15) is 4.79 Å². The molecule has 0 unspecified atom stereocenters. The minimum absolute atomic E-state index is 0.304. The molecule has 1 amide bonds. The Balaban J connectivity index is 1.48. The Morgan fingerprint density at radius 2 is 1.57 bits per heavy atom. The third kappa shape index (κ3) is 6.50. The Kier molecular flexibility index (Phi) is 7.64. The first-order chi connectivity index (χ1) is 14.6. The molecule has 0 fully saturated rings. The van der Waals surface area contributed by atoms with Crippen LogP contribution < -0.4 is 14.9 Å². The van der Waals surface area contributed by atoms with E-state index in [0.717, 1.165) is 16.9 Å². The smallest absolute Gasteiger partial charge is 0.271 e. The first-order valence-corrected chi connectivity index (χ1v) is 9.66. The van der Waals surface area contributed by atoms with Crippen molar-refractivity contribution in [2.45, 2.75) is 6.61 Å². The van der Waals surface area contributed by atoms with Gasteiger partial charge in [-0.05, 0) is 71.8 Å². The van der Waals surface area contributed by atoms with Gasteiger partial charge in [-0.2, -0.15) is 5.10 Å². The maximum Gasteiger partial charge on any atom is 0.271 e. The summed E-state index contributed by atoms with van der Waals surface area (Å²) in [4.78, 5) is 12.2. The van der Waals surface area contributed by atoms with E-state index in [0.29, 0.717) is 29.5 Å². The fourth-order valence-electron chi connectivity index (χ4n) is 2.49. The summed E-state index contributed by atoms with van der Waals surface area (Å²) in [7, 11) is 0. The predicted octanol–water partition coefficient (Wildman–Crippen LogP) is 5.25. The van der Waals surface area contributed by atoms with E-state index >= 15 is 0 Å². The summed E-state index contributed by atoms with van der Waals surface area (Å²) in [6.45, 7) is 4.48. The molecule has 0 aliphatic carbocycles. The monoisotopic (exact) mass is 420 g/mol. The number of nitrogens with one attached hydrogen (secondary N) is 1. The maximum absolute atomic E-state index is 12.2. The number of rotatable bonds is 9. The molecule has 30 heavy (non-hydrogen) atoms. The first kappa shape index (κ1) is 21.1. The van der Waals surface area contributed by atoms with Crippen LogP contribution in [0.15, 0.2) is 90.6 Å². The molecule has 1 N–H and O–H groups in total. The van der Waals surface area contributed by atoms with Gasteiger partial charge in [-0.3, -0.25) is 4.79 Å². The van der Waals surface area contributed by atoms with Crippen molar-refractivity contribution < 1.29 is 14.3 Å². The largest absolute Gasteiger partial charge is 0.490 e. The number of amides is 1. The highest BCUT2D eigenvalue weighted by Crippen LogP contribution is 2.16. The number of benzene rings is 3. The van der Waals surface area contributed by atoms with Crippen molar-refractivity contribution in [3.05, 3.63) is 107 Å². The summed E-state index contributed by atoms with van der Waals surface area (Å²) in [5, 5.41) is 4.68. The second-order valence-electron chi connectivity index (χ2n) is 6.31. The Labute approximate surface area is 180 Å². The Bertz CT molecular complexity index is 998. The van der Waals surface area contributed by atoms with Gasteiger partial charge in [-0.1, -0.05) is 36.4 Å². The van der Waals surface area contributed by atoms with Crippen LogP contribution in [0.4, 0.5) is 0 Å². The van der Waals surface area contributed by atoms with Gasteiger partial charge in [0.1, 0.15) is 24.7 Å². The molecule has 0 saturated heterocycles. The van der Waals surface area contributed by atoms with Crippen molar-refractivity contribution in [1.82, 2.24) is 5.43 Å². The quantitative estimate of drug-likeness (QED) is 0.292. The van der Waals surface area contributed by atoms with Crippen LogP contribution in [0.25, 0.3) is 0 Å². The standard InChI is InChI=1S/C24H21ClN2O3/c1-2-15-29-22-11-5-18(6-12-22)16-26-27-24(28)20-7-13-23(14-8-20)30-17-19-3-9-21(25)10-4-19/h2-14,16H,1,15,17H2,(H,27,28)/b26-16+. The number of hydrazone groups is 1. The van der Waals surface area contributed by atoms with Gasteiger partial charge in [-0.15, -0.1) is 0 Å². The van der Waals surface area contributed by atoms with E-state index in [2.05, 4.69) is 17.1 Å². The van der Waals surface area contributed by atoms with Gasteiger partial charge >= 0.3 is 0 Å². The van der Waals surface area contributed by atoms with E-state index in [-0.39, 0.29) is 5.91 Å². The topological polar surface area (TPSA) is 59.9 Å². The van der Waals surface area contributed by atoms with Crippen molar-refractivity contribution in [1.29, 1.82) is 0 Å². The highest BCUT2D eigenvalue weighted by Gasteiger charge is 2.05. The normalized spacial score (nSPS) is 10.6. The van der Waals surface area contributed by atoms with Gasteiger partial charge in [0.15, 0.2) is 0 Å². The van der Waals surface area contributed by atoms with Crippen LogP contribution in [-0.4, -0.2) is 18.7 Å². The second kappa shape index (κ2) is 10.8. The van der Waals surface area contributed by atoms with E-state index in [1.165, 1.54) is 0 Å². The van der Waals surface area contributed by atoms with Crippen LogP contribution in [0.3, 0.4) is 0 Å². The molecule has 152 valence electrons. The minimum atomic E-state index is -0.304. The number of ether oxygens (including phenoxy) is 2. The van der Waals surface area contributed by atoms with Crippen LogP contribution in [0.5, 0.6) is 11.5 Å². The Morgan fingerprint density at radius 3 is 2.23 bits per heavy atom. The molecule has 0 saturated carbocycles. The zero-order valence-corrected chi connectivity index (χ0v) is 17.0. The van der Waals surface area contributed by atoms with Crippen LogP contribution in [-0.2, 0) is 6.61 Å². The van der Waals surface area contributed by atoms with E-state index in [1.807, 2.05) is 48.5 Å². The Hall–Kier alpha value is -3.57. The van der Waals surface area contributed by atoms with E-state index in [4.69, 9.17) is 21.1 Å². The van der Waals surface area contributed by atoms with E-state index in [1.54, 1.807) is 36.6 Å².